The van der Waals surface area contributed by atoms with Crippen molar-refractivity contribution in [3.8, 4) is 0 Å². The van der Waals surface area contributed by atoms with Crippen molar-refractivity contribution < 1.29 is 0 Å². The maximum absolute atomic E-state index is 12.4. The van der Waals surface area contributed by atoms with Crippen molar-refractivity contribution >= 4 is 16.6 Å². The molecule has 3 aromatic rings. The Labute approximate surface area is 116 Å². The van der Waals surface area contributed by atoms with E-state index in [1.807, 2.05) is 55.7 Å². The number of hydrogen-bond donors (Lipinski definition) is 1. The standard InChI is InChI=1S/C16H15N3O/c1-17-15-10-12(6-8-18-15)11-19-9-7-13-4-2-3-5-14(13)16(19)20/h2-10H,11H2,1H3,(H,17,18). The number of aromatic nitrogens is 2. The second-order valence-corrected chi connectivity index (χ2v) is 4.64. The van der Waals surface area contributed by atoms with Crippen molar-refractivity contribution in [3.63, 3.8) is 0 Å². The van der Waals surface area contributed by atoms with Crippen LogP contribution in [0, 0.1) is 0 Å². The minimum Gasteiger partial charge on any atom is -0.373 e. The molecular formula is C16H15N3O. The fourth-order valence-corrected chi connectivity index (χ4v) is 2.26. The summed E-state index contributed by atoms with van der Waals surface area (Å²) in [6.45, 7) is 0.543. The van der Waals surface area contributed by atoms with Crippen LogP contribution in [0.1, 0.15) is 5.56 Å². The molecule has 4 nitrogen and oxygen atoms in total. The normalized spacial score (nSPS) is 10.7. The summed E-state index contributed by atoms with van der Waals surface area (Å²) in [6.07, 6.45) is 3.58. The highest BCUT2D eigenvalue weighted by molar-refractivity contribution is 5.81. The molecule has 0 amide bonds. The molecule has 0 aliphatic carbocycles. The lowest BCUT2D eigenvalue weighted by molar-refractivity contribution is 0.767. The summed E-state index contributed by atoms with van der Waals surface area (Å²) in [4.78, 5) is 16.6. The van der Waals surface area contributed by atoms with Crippen molar-refractivity contribution in [2.24, 2.45) is 0 Å². The fourth-order valence-electron chi connectivity index (χ4n) is 2.26. The van der Waals surface area contributed by atoms with Gasteiger partial charge in [-0.25, -0.2) is 4.98 Å². The first kappa shape index (κ1) is 12.4. The SMILES string of the molecule is CNc1cc(Cn2ccc3ccccc3c2=O)ccn1. The van der Waals surface area contributed by atoms with Crippen LogP contribution in [0.3, 0.4) is 0 Å². The maximum Gasteiger partial charge on any atom is 0.258 e. The molecule has 0 radical (unpaired) electrons. The Balaban J connectivity index is 2.02. The summed E-state index contributed by atoms with van der Waals surface area (Å²) in [6, 6.07) is 13.5. The molecule has 0 unspecified atom stereocenters. The molecule has 2 aromatic heterocycles. The van der Waals surface area contributed by atoms with Gasteiger partial charge in [-0.15, -0.1) is 0 Å². The monoisotopic (exact) mass is 265 g/mol. The van der Waals surface area contributed by atoms with Gasteiger partial charge in [-0.05, 0) is 35.2 Å². The topological polar surface area (TPSA) is 46.9 Å². The van der Waals surface area contributed by atoms with Gasteiger partial charge >= 0.3 is 0 Å². The Bertz CT molecular complexity index is 808. The van der Waals surface area contributed by atoms with Crippen LogP contribution in [-0.4, -0.2) is 16.6 Å². The van der Waals surface area contributed by atoms with Gasteiger partial charge in [0.25, 0.3) is 5.56 Å². The Hall–Kier alpha value is -2.62. The van der Waals surface area contributed by atoms with Crippen LogP contribution in [-0.2, 0) is 6.54 Å². The summed E-state index contributed by atoms with van der Waals surface area (Å²) in [5.41, 5.74) is 1.08. The molecule has 0 fully saturated rings. The van der Waals surface area contributed by atoms with Gasteiger partial charge in [0.2, 0.25) is 0 Å². The third kappa shape index (κ3) is 2.28. The number of pyridine rings is 2. The van der Waals surface area contributed by atoms with E-state index in [1.165, 1.54) is 0 Å². The highest BCUT2D eigenvalue weighted by Crippen LogP contribution is 2.10. The fraction of sp³-hybridized carbons (Fsp3) is 0.125. The van der Waals surface area contributed by atoms with Crippen LogP contribution in [0.25, 0.3) is 10.8 Å². The molecule has 0 atom stereocenters. The van der Waals surface area contributed by atoms with Crippen LogP contribution in [0.15, 0.2) is 59.7 Å². The van der Waals surface area contributed by atoms with Crippen LogP contribution < -0.4 is 10.9 Å². The molecule has 3 rings (SSSR count). The molecule has 2 heterocycles. The van der Waals surface area contributed by atoms with E-state index in [1.54, 1.807) is 10.8 Å². The number of fused-ring (bicyclic) bond motifs is 1. The lowest BCUT2D eigenvalue weighted by Crippen LogP contribution is -2.20. The molecule has 0 spiro atoms. The summed E-state index contributed by atoms with van der Waals surface area (Å²) in [5.74, 6) is 0.802. The van der Waals surface area contributed by atoms with Gasteiger partial charge < -0.3 is 9.88 Å². The molecular weight excluding hydrogens is 250 g/mol. The number of hydrogen-bond acceptors (Lipinski definition) is 3. The van der Waals surface area contributed by atoms with Gasteiger partial charge in [0.1, 0.15) is 5.82 Å². The highest BCUT2D eigenvalue weighted by Gasteiger charge is 2.03. The molecule has 0 saturated carbocycles. The quantitative estimate of drug-likeness (QED) is 0.791. The van der Waals surface area contributed by atoms with Gasteiger partial charge in [-0.3, -0.25) is 4.79 Å². The predicted octanol–water partition coefficient (Wildman–Crippen LogP) is 2.49. The zero-order valence-corrected chi connectivity index (χ0v) is 11.2. The Kier molecular flexibility index (Phi) is 3.21. The van der Waals surface area contributed by atoms with Gasteiger partial charge in [0.15, 0.2) is 0 Å². The number of benzene rings is 1. The van der Waals surface area contributed by atoms with E-state index in [-0.39, 0.29) is 5.56 Å². The first-order valence-electron chi connectivity index (χ1n) is 6.49. The second kappa shape index (κ2) is 5.17. The summed E-state index contributed by atoms with van der Waals surface area (Å²) in [7, 11) is 1.83. The van der Waals surface area contributed by atoms with Crippen molar-refractivity contribution in [1.29, 1.82) is 0 Å². The molecule has 0 aliphatic rings. The summed E-state index contributed by atoms with van der Waals surface area (Å²) < 4.78 is 1.72. The number of anilines is 1. The van der Waals surface area contributed by atoms with E-state index in [2.05, 4.69) is 10.3 Å². The Morgan fingerprint density at radius 3 is 2.90 bits per heavy atom. The third-order valence-electron chi connectivity index (χ3n) is 3.32. The first-order chi connectivity index (χ1) is 9.78. The molecule has 0 saturated heterocycles. The summed E-state index contributed by atoms with van der Waals surface area (Å²) in [5, 5.41) is 4.72. The van der Waals surface area contributed by atoms with E-state index < -0.39 is 0 Å². The smallest absolute Gasteiger partial charge is 0.258 e. The molecule has 4 heteroatoms. The van der Waals surface area contributed by atoms with Gasteiger partial charge in [0.05, 0.1) is 6.54 Å². The van der Waals surface area contributed by atoms with Crippen molar-refractivity contribution in [3.05, 3.63) is 70.8 Å². The lowest BCUT2D eigenvalue weighted by atomic mass is 10.1. The third-order valence-corrected chi connectivity index (χ3v) is 3.32. The molecule has 1 aromatic carbocycles. The van der Waals surface area contributed by atoms with Gasteiger partial charge in [-0.2, -0.15) is 0 Å². The van der Waals surface area contributed by atoms with E-state index in [4.69, 9.17) is 0 Å². The van der Waals surface area contributed by atoms with Crippen molar-refractivity contribution in [1.82, 2.24) is 9.55 Å². The molecule has 20 heavy (non-hydrogen) atoms. The van der Waals surface area contributed by atoms with Gasteiger partial charge in [0, 0.05) is 24.8 Å². The molecule has 0 aliphatic heterocycles. The number of rotatable bonds is 3. The first-order valence-corrected chi connectivity index (χ1v) is 6.49. The Morgan fingerprint density at radius 2 is 2.05 bits per heavy atom. The lowest BCUT2D eigenvalue weighted by Gasteiger charge is -2.08. The minimum atomic E-state index is 0.0333. The van der Waals surface area contributed by atoms with E-state index in [9.17, 15) is 4.79 Å². The maximum atomic E-state index is 12.4. The molecule has 0 bridgehead atoms. The van der Waals surface area contributed by atoms with Crippen LogP contribution in [0.2, 0.25) is 0 Å². The zero-order chi connectivity index (χ0) is 13.9. The molecule has 100 valence electrons. The second-order valence-electron chi connectivity index (χ2n) is 4.64. The van der Waals surface area contributed by atoms with Crippen LogP contribution in [0.4, 0.5) is 5.82 Å². The van der Waals surface area contributed by atoms with Gasteiger partial charge in [-0.1, -0.05) is 18.2 Å². The largest absolute Gasteiger partial charge is 0.373 e. The number of nitrogens with zero attached hydrogens (tertiary/aromatic N) is 2. The van der Waals surface area contributed by atoms with Crippen LogP contribution in [0.5, 0.6) is 0 Å². The van der Waals surface area contributed by atoms with E-state index in [0.717, 1.165) is 22.2 Å². The Morgan fingerprint density at radius 1 is 1.20 bits per heavy atom. The average Bonchev–Trinajstić information content (AvgIpc) is 2.50. The minimum absolute atomic E-state index is 0.0333. The van der Waals surface area contributed by atoms with E-state index >= 15 is 0 Å². The number of nitrogens with one attached hydrogen (secondary N) is 1. The molecule has 1 N–H and O–H groups in total. The highest BCUT2D eigenvalue weighted by atomic mass is 16.1. The summed E-state index contributed by atoms with van der Waals surface area (Å²) >= 11 is 0. The zero-order valence-electron chi connectivity index (χ0n) is 11.2. The van der Waals surface area contributed by atoms with E-state index in [0.29, 0.717) is 6.54 Å². The average molecular weight is 265 g/mol. The van der Waals surface area contributed by atoms with Crippen molar-refractivity contribution in [2.75, 3.05) is 12.4 Å². The predicted molar refractivity (Wildman–Crippen MR) is 81.1 cm³/mol. The van der Waals surface area contributed by atoms with Crippen LogP contribution >= 0.6 is 0 Å². The van der Waals surface area contributed by atoms with Crippen molar-refractivity contribution in [2.45, 2.75) is 6.54 Å².